The van der Waals surface area contributed by atoms with E-state index in [-0.39, 0.29) is 51.9 Å². The molecule has 0 spiro atoms. The van der Waals surface area contributed by atoms with Crippen LogP contribution in [0.2, 0.25) is 0 Å². The maximum atomic E-state index is 11.5. The van der Waals surface area contributed by atoms with Crippen LogP contribution in [-0.4, -0.2) is 74.2 Å². The smallest absolute Gasteiger partial charge is 0.369 e. The summed E-state index contributed by atoms with van der Waals surface area (Å²) >= 11 is 0. The summed E-state index contributed by atoms with van der Waals surface area (Å²) in [6, 6.07) is 0. The third kappa shape index (κ3) is 13.2. The predicted molar refractivity (Wildman–Crippen MR) is 120 cm³/mol. The molecule has 5 N–H and O–H groups in total. The number of imidazole rings is 1. The summed E-state index contributed by atoms with van der Waals surface area (Å²) in [5.41, 5.74) is 5.33. The zero-order chi connectivity index (χ0) is 23.2. The Labute approximate surface area is 184 Å². The number of nitrogen functional groups attached to an aromatic ring is 1. The number of anilines is 1. The average Bonchev–Trinajstić information content (AvgIpc) is 3.06. The maximum absolute atomic E-state index is 11.5. The molecule has 31 heavy (non-hydrogen) atoms. The molecule has 2 rings (SSSR count). The number of nitrogens with two attached hydrogens (primary N) is 1. The number of nitrogens with zero attached hydrogens (tertiary/aromatic N) is 4. The molecule has 0 radical (unpaired) electrons. The molecule has 0 aromatic carbocycles. The van der Waals surface area contributed by atoms with E-state index in [1.807, 2.05) is 0 Å². The van der Waals surface area contributed by atoms with E-state index in [9.17, 15) is 13.8 Å². The van der Waals surface area contributed by atoms with Crippen LogP contribution in [-0.2, 0) is 20.6 Å². The van der Waals surface area contributed by atoms with Gasteiger partial charge in [-0.15, -0.1) is 0 Å². The van der Waals surface area contributed by atoms with Crippen LogP contribution in [0.1, 0.15) is 37.0 Å². The average molecular weight is 474 g/mol. The quantitative estimate of drug-likeness (QED) is 0.312. The first-order valence-corrected chi connectivity index (χ1v) is 10.2. The number of nitrogens with one attached hydrogen (secondary N) is 1. The van der Waals surface area contributed by atoms with Gasteiger partial charge in [0.1, 0.15) is 6.73 Å². The molecule has 2 aromatic rings. The third-order valence-electron chi connectivity index (χ3n) is 3.55. The molecule has 0 unspecified atom stereocenters. The van der Waals surface area contributed by atoms with Crippen molar-refractivity contribution in [2.45, 2.75) is 42.4 Å². The maximum Gasteiger partial charge on any atom is 0.469 e. The van der Waals surface area contributed by atoms with Gasteiger partial charge in [0.2, 0.25) is 5.95 Å². The molecular formula is C17H38FN6O6P. The Bertz CT molecular complexity index is 824. The number of rotatable bonds is 9. The van der Waals surface area contributed by atoms with Gasteiger partial charge in [-0.2, -0.15) is 4.98 Å². The minimum atomic E-state index is -4.49. The summed E-state index contributed by atoms with van der Waals surface area (Å²) in [5, 5.41) is 0. The van der Waals surface area contributed by atoms with Gasteiger partial charge in [0.05, 0.1) is 28.1 Å². The van der Waals surface area contributed by atoms with Gasteiger partial charge in [0, 0.05) is 0 Å². The molecule has 0 saturated carbocycles. The topological polar surface area (TPSA) is 169 Å². The van der Waals surface area contributed by atoms with Gasteiger partial charge in [-0.25, -0.2) is 9.55 Å². The van der Waals surface area contributed by atoms with Crippen LogP contribution < -0.4 is 11.3 Å². The van der Waals surface area contributed by atoms with Crippen molar-refractivity contribution in [3.8, 4) is 0 Å². The summed E-state index contributed by atoms with van der Waals surface area (Å²) in [7, 11) is -5.49. The lowest BCUT2D eigenvalue weighted by Crippen LogP contribution is -2.21. The van der Waals surface area contributed by atoms with Gasteiger partial charge >= 0.3 is 7.82 Å². The Morgan fingerprint density at radius 3 is 2.29 bits per heavy atom. The van der Waals surface area contributed by atoms with E-state index >= 15 is 0 Å². The Morgan fingerprint density at radius 2 is 1.84 bits per heavy atom. The van der Waals surface area contributed by atoms with Crippen molar-refractivity contribution in [1.29, 1.82) is 0 Å². The number of hydrogen-bond donors (Lipinski definition) is 4. The van der Waals surface area contributed by atoms with E-state index < -0.39 is 20.5 Å². The van der Waals surface area contributed by atoms with Crippen LogP contribution in [0.4, 0.5) is 10.3 Å². The molecule has 0 bridgehead atoms. The van der Waals surface area contributed by atoms with Gasteiger partial charge in [0.25, 0.3) is 5.56 Å². The number of hydrogen-bond acceptors (Lipinski definition) is 8. The molecule has 0 amide bonds. The highest BCUT2D eigenvalue weighted by Gasteiger charge is 2.13. The van der Waals surface area contributed by atoms with E-state index in [0.717, 1.165) is 0 Å². The fourth-order valence-electron chi connectivity index (χ4n) is 2.11. The van der Waals surface area contributed by atoms with Crippen LogP contribution in [0.25, 0.3) is 11.2 Å². The van der Waals surface area contributed by atoms with Gasteiger partial charge in [-0.1, -0.05) is 35.6 Å². The van der Waals surface area contributed by atoms with E-state index in [4.69, 9.17) is 21.6 Å². The second kappa shape index (κ2) is 17.8. The predicted octanol–water partition coefficient (Wildman–Crippen LogP) is 1.99. The number of fused-ring (bicyclic) bond motifs is 1. The number of ether oxygens (including phenoxy) is 1. The standard InChI is InChI=1S/C8H12N5O6P.C6H15N.CH3F.2CH4/c9-8-11-6-5(7(14)12-8)10-3-13(6)4-18-1-2-19-20(15,16)17;1-4-7(5-2)6-3;1-2;;/h3H,1-2,4H2,(H2,15,16,17)(H3,9,11,12,14);4-6H2,1-3H3;1H3;2*1H4/i;;1D;;. The lowest BCUT2D eigenvalue weighted by atomic mass is 10.5. The number of phosphoric ester groups is 1. The fraction of sp³-hybridized carbons (Fsp3) is 0.706. The van der Waals surface area contributed by atoms with E-state index in [0.29, 0.717) is 0 Å². The monoisotopic (exact) mass is 473 g/mol. The second-order valence-corrected chi connectivity index (χ2v) is 6.56. The summed E-state index contributed by atoms with van der Waals surface area (Å²) in [4.78, 5) is 40.9. The highest BCUT2D eigenvalue weighted by molar-refractivity contribution is 7.46. The van der Waals surface area contributed by atoms with Crippen LogP contribution in [0.3, 0.4) is 0 Å². The Kier molecular flexibility index (Phi) is 17.9. The number of H-pyrrole nitrogens is 1. The Hall–Kier alpha value is -1.89. The first-order chi connectivity index (χ1) is 14.1. The lowest BCUT2D eigenvalue weighted by Gasteiger charge is -2.13. The van der Waals surface area contributed by atoms with Crippen molar-refractivity contribution < 1.29 is 29.4 Å². The van der Waals surface area contributed by atoms with Crippen molar-refractivity contribution in [1.82, 2.24) is 24.4 Å². The molecule has 12 nitrogen and oxygen atoms in total. The normalized spacial score (nSPS) is 10.7. The van der Waals surface area contributed by atoms with Gasteiger partial charge in [-0.3, -0.25) is 23.3 Å². The van der Waals surface area contributed by atoms with Crippen molar-refractivity contribution in [3.05, 3.63) is 16.7 Å². The zero-order valence-corrected chi connectivity index (χ0v) is 17.6. The number of alkyl halides is 1. The van der Waals surface area contributed by atoms with Crippen molar-refractivity contribution in [2.24, 2.45) is 0 Å². The van der Waals surface area contributed by atoms with Gasteiger partial charge < -0.3 is 25.2 Å². The number of halogens is 1. The van der Waals surface area contributed by atoms with Crippen LogP contribution in [0.5, 0.6) is 0 Å². The molecule has 0 aliphatic rings. The largest absolute Gasteiger partial charge is 0.469 e. The fourth-order valence-corrected chi connectivity index (χ4v) is 2.43. The van der Waals surface area contributed by atoms with Gasteiger partial charge in [0.15, 0.2) is 11.2 Å². The van der Waals surface area contributed by atoms with E-state index in [1.54, 1.807) is 0 Å². The summed E-state index contributed by atoms with van der Waals surface area (Å²) in [5.74, 6) is -0.0471. The number of phosphoric acid groups is 1. The molecule has 0 saturated heterocycles. The molecular weight excluding hydrogens is 434 g/mol. The minimum Gasteiger partial charge on any atom is -0.369 e. The third-order valence-corrected chi connectivity index (χ3v) is 4.07. The molecule has 14 heteroatoms. The van der Waals surface area contributed by atoms with Crippen LogP contribution in [0.15, 0.2) is 11.1 Å². The highest BCUT2D eigenvalue weighted by atomic mass is 31.2. The summed E-state index contributed by atoms with van der Waals surface area (Å²) in [6.45, 7) is 9.79. The summed E-state index contributed by atoms with van der Waals surface area (Å²) < 4.78 is 36.7. The van der Waals surface area contributed by atoms with Gasteiger partial charge in [-0.05, 0) is 19.6 Å². The molecule has 2 heterocycles. The molecule has 0 fully saturated rings. The van der Waals surface area contributed by atoms with E-state index in [2.05, 4.69) is 45.1 Å². The molecule has 0 aliphatic heterocycles. The number of aromatic nitrogens is 4. The first-order valence-electron chi connectivity index (χ1n) is 9.40. The first kappa shape index (κ1) is 31.3. The second-order valence-electron chi connectivity index (χ2n) is 5.32. The van der Waals surface area contributed by atoms with Crippen molar-refractivity contribution in [3.63, 3.8) is 0 Å². The molecule has 0 atom stereocenters. The molecule has 0 aliphatic carbocycles. The van der Waals surface area contributed by atoms with E-state index in [1.165, 1.54) is 30.5 Å². The zero-order valence-electron chi connectivity index (χ0n) is 17.7. The Balaban J connectivity index is -0.000000597. The number of aromatic amines is 1. The Morgan fingerprint density at radius 1 is 1.29 bits per heavy atom. The SMILES string of the molecule is C.C.CCN(CC)CC.Nc1nc2c(ncn2COCCOP(=O)(O)O)c(=O)[nH]1.[2H]CF. The highest BCUT2D eigenvalue weighted by Crippen LogP contribution is 2.35. The van der Waals surface area contributed by atoms with Crippen molar-refractivity contribution in [2.75, 3.05) is 45.7 Å². The van der Waals surface area contributed by atoms with Crippen LogP contribution >= 0.6 is 7.82 Å². The van der Waals surface area contributed by atoms with Crippen molar-refractivity contribution >= 4 is 24.9 Å². The molecule has 184 valence electrons. The molecule has 2 aromatic heterocycles. The minimum absolute atomic E-state index is 0. The summed E-state index contributed by atoms with van der Waals surface area (Å²) in [6.07, 6.45) is 1.34. The van der Waals surface area contributed by atoms with Crippen LogP contribution in [0, 0.1) is 0 Å². The lowest BCUT2D eigenvalue weighted by molar-refractivity contribution is 0.0474.